The molecule has 0 amide bonds. The summed E-state index contributed by atoms with van der Waals surface area (Å²) in [6.45, 7) is 6.84. The largest absolute Gasteiger partial charge is 0.487 e. The molecule has 112 valence electrons. The summed E-state index contributed by atoms with van der Waals surface area (Å²) in [4.78, 5) is 10.3. The smallest absolute Gasteiger partial charge is 0.269 e. The van der Waals surface area contributed by atoms with E-state index in [9.17, 15) is 10.1 Å². The topological polar surface area (TPSA) is 70.2 Å². The van der Waals surface area contributed by atoms with Crippen molar-refractivity contribution in [2.75, 3.05) is 0 Å². The molecule has 0 aliphatic rings. The minimum absolute atomic E-state index is 0.0653. The van der Waals surface area contributed by atoms with Crippen molar-refractivity contribution in [3.63, 3.8) is 0 Å². The number of non-ortho nitro benzene ring substituents is 1. The second kappa shape index (κ2) is 6.26. The van der Waals surface area contributed by atoms with Crippen LogP contribution in [0.3, 0.4) is 0 Å². The van der Waals surface area contributed by atoms with E-state index in [1.807, 2.05) is 18.5 Å². The number of nitro benzene ring substituents is 1. The second-order valence-corrected chi connectivity index (χ2v) is 5.45. The molecule has 2 aromatic rings. The van der Waals surface area contributed by atoms with Gasteiger partial charge >= 0.3 is 0 Å². The lowest BCUT2D eigenvalue weighted by atomic mass is 10.2. The van der Waals surface area contributed by atoms with E-state index >= 15 is 0 Å². The van der Waals surface area contributed by atoms with Crippen LogP contribution in [-0.4, -0.2) is 14.7 Å². The van der Waals surface area contributed by atoms with Crippen LogP contribution in [0.2, 0.25) is 0 Å². The van der Waals surface area contributed by atoms with E-state index in [0.717, 1.165) is 28.0 Å². The van der Waals surface area contributed by atoms with Crippen LogP contribution in [0.15, 0.2) is 22.7 Å². The Morgan fingerprint density at radius 2 is 2.14 bits per heavy atom. The second-order valence-electron chi connectivity index (χ2n) is 4.66. The highest BCUT2D eigenvalue weighted by atomic mass is 79.9. The van der Waals surface area contributed by atoms with Crippen LogP contribution in [0.1, 0.15) is 23.9 Å². The molecule has 1 aromatic heterocycles. The van der Waals surface area contributed by atoms with E-state index in [1.54, 1.807) is 13.0 Å². The van der Waals surface area contributed by atoms with E-state index in [0.29, 0.717) is 12.4 Å². The minimum atomic E-state index is -0.414. The number of nitrogens with zero attached hydrogens (tertiary/aromatic N) is 3. The number of hydrogen-bond donors (Lipinski definition) is 0. The van der Waals surface area contributed by atoms with Gasteiger partial charge in [0, 0.05) is 18.7 Å². The predicted octanol–water partition coefficient (Wildman–Crippen LogP) is 3.77. The van der Waals surface area contributed by atoms with Crippen LogP contribution in [0.4, 0.5) is 5.69 Å². The van der Waals surface area contributed by atoms with Gasteiger partial charge in [-0.3, -0.25) is 14.8 Å². The predicted molar refractivity (Wildman–Crippen MR) is 82.5 cm³/mol. The summed E-state index contributed by atoms with van der Waals surface area (Å²) in [5, 5.41) is 15.1. The first-order chi connectivity index (χ1) is 9.93. The summed E-state index contributed by atoms with van der Waals surface area (Å²) in [7, 11) is 0. The number of halogens is 1. The van der Waals surface area contributed by atoms with Gasteiger partial charge in [-0.05, 0) is 48.3 Å². The lowest BCUT2D eigenvalue weighted by Crippen LogP contribution is -2.07. The zero-order valence-corrected chi connectivity index (χ0v) is 13.7. The molecule has 0 aliphatic heterocycles. The fraction of sp³-hybridized carbons (Fsp3) is 0.357. The molecule has 7 heteroatoms. The first-order valence-corrected chi connectivity index (χ1v) is 7.33. The van der Waals surface area contributed by atoms with Crippen LogP contribution in [0.5, 0.6) is 5.75 Å². The molecule has 0 radical (unpaired) electrons. The van der Waals surface area contributed by atoms with Gasteiger partial charge in [-0.25, -0.2) is 0 Å². The molecule has 6 nitrogen and oxygen atoms in total. The molecule has 0 aliphatic carbocycles. The summed E-state index contributed by atoms with van der Waals surface area (Å²) < 4.78 is 8.59. The van der Waals surface area contributed by atoms with Crippen LogP contribution < -0.4 is 4.74 Å². The molecule has 0 saturated carbocycles. The highest BCUT2D eigenvalue weighted by Gasteiger charge is 2.14. The summed E-state index contributed by atoms with van der Waals surface area (Å²) >= 11 is 3.51. The SMILES string of the molecule is CCn1nc(C)c(Br)c1COc1ccc([N+](=O)[O-])cc1C. The highest BCUT2D eigenvalue weighted by molar-refractivity contribution is 9.10. The van der Waals surface area contributed by atoms with E-state index in [2.05, 4.69) is 21.0 Å². The highest BCUT2D eigenvalue weighted by Crippen LogP contribution is 2.26. The van der Waals surface area contributed by atoms with Gasteiger partial charge in [0.15, 0.2) is 0 Å². The molecule has 0 saturated heterocycles. The summed E-state index contributed by atoms with van der Waals surface area (Å²) in [5.41, 5.74) is 2.67. The van der Waals surface area contributed by atoms with E-state index < -0.39 is 4.92 Å². The van der Waals surface area contributed by atoms with Gasteiger partial charge in [0.1, 0.15) is 12.4 Å². The molecule has 2 rings (SSSR count). The lowest BCUT2D eigenvalue weighted by molar-refractivity contribution is -0.384. The number of ether oxygens (including phenoxy) is 1. The van der Waals surface area contributed by atoms with Gasteiger partial charge < -0.3 is 4.74 Å². The van der Waals surface area contributed by atoms with Gasteiger partial charge in [-0.2, -0.15) is 5.10 Å². The van der Waals surface area contributed by atoms with Crippen LogP contribution in [0.25, 0.3) is 0 Å². The molecule has 1 aromatic carbocycles. The van der Waals surface area contributed by atoms with Gasteiger partial charge in [0.25, 0.3) is 5.69 Å². The Labute approximate surface area is 131 Å². The van der Waals surface area contributed by atoms with E-state index in [1.165, 1.54) is 12.1 Å². The Morgan fingerprint density at radius 1 is 1.43 bits per heavy atom. The molecular formula is C14H16BrN3O3. The number of aryl methyl sites for hydroxylation is 3. The first-order valence-electron chi connectivity index (χ1n) is 6.53. The van der Waals surface area contributed by atoms with Gasteiger partial charge in [-0.1, -0.05) is 0 Å². The maximum Gasteiger partial charge on any atom is 0.269 e. The Bertz CT molecular complexity index is 682. The van der Waals surface area contributed by atoms with Crippen molar-refractivity contribution in [2.24, 2.45) is 0 Å². The molecule has 21 heavy (non-hydrogen) atoms. The summed E-state index contributed by atoms with van der Waals surface area (Å²) in [5.74, 6) is 0.633. The van der Waals surface area contributed by atoms with E-state index in [4.69, 9.17) is 4.74 Å². The quantitative estimate of drug-likeness (QED) is 0.605. The maximum absolute atomic E-state index is 10.7. The van der Waals surface area contributed by atoms with Crippen molar-refractivity contribution in [3.05, 3.63) is 49.7 Å². The van der Waals surface area contributed by atoms with Crippen molar-refractivity contribution in [3.8, 4) is 5.75 Å². The molecule has 0 fully saturated rings. The van der Waals surface area contributed by atoms with Crippen molar-refractivity contribution in [1.29, 1.82) is 0 Å². The third kappa shape index (κ3) is 3.24. The zero-order chi connectivity index (χ0) is 15.6. The number of hydrogen-bond acceptors (Lipinski definition) is 4. The van der Waals surface area contributed by atoms with E-state index in [-0.39, 0.29) is 5.69 Å². The third-order valence-corrected chi connectivity index (χ3v) is 4.22. The Morgan fingerprint density at radius 3 is 2.71 bits per heavy atom. The van der Waals surface area contributed by atoms with Crippen molar-refractivity contribution < 1.29 is 9.66 Å². The average Bonchev–Trinajstić information content (AvgIpc) is 2.72. The van der Waals surface area contributed by atoms with Crippen LogP contribution >= 0.6 is 15.9 Å². The lowest BCUT2D eigenvalue weighted by Gasteiger charge is -2.10. The Balaban J connectivity index is 2.19. The molecule has 0 atom stereocenters. The molecule has 1 heterocycles. The monoisotopic (exact) mass is 353 g/mol. The van der Waals surface area contributed by atoms with Gasteiger partial charge in [0.2, 0.25) is 0 Å². The summed E-state index contributed by atoms with van der Waals surface area (Å²) in [6.07, 6.45) is 0. The number of benzene rings is 1. The first kappa shape index (κ1) is 15.5. The molecule has 0 spiro atoms. The van der Waals surface area contributed by atoms with Crippen LogP contribution in [0, 0.1) is 24.0 Å². The van der Waals surface area contributed by atoms with Crippen LogP contribution in [-0.2, 0) is 13.2 Å². The fourth-order valence-electron chi connectivity index (χ4n) is 2.06. The third-order valence-electron chi connectivity index (χ3n) is 3.19. The Hall–Kier alpha value is -1.89. The molecule has 0 bridgehead atoms. The van der Waals surface area contributed by atoms with Gasteiger partial charge in [-0.15, -0.1) is 0 Å². The van der Waals surface area contributed by atoms with Gasteiger partial charge in [0.05, 0.1) is 20.8 Å². The zero-order valence-electron chi connectivity index (χ0n) is 12.1. The van der Waals surface area contributed by atoms with Crippen molar-refractivity contribution in [1.82, 2.24) is 9.78 Å². The number of nitro groups is 1. The fourth-order valence-corrected chi connectivity index (χ4v) is 2.46. The number of aromatic nitrogens is 2. The van der Waals surface area contributed by atoms with Crippen molar-refractivity contribution in [2.45, 2.75) is 33.9 Å². The molecular weight excluding hydrogens is 338 g/mol. The normalized spacial score (nSPS) is 10.7. The summed E-state index contributed by atoms with van der Waals surface area (Å²) in [6, 6.07) is 4.58. The maximum atomic E-state index is 10.7. The molecule has 0 unspecified atom stereocenters. The standard InChI is InChI=1S/C14H16BrN3O3/c1-4-17-12(14(15)10(3)16-17)8-21-13-6-5-11(18(19)20)7-9(13)2/h5-7H,4,8H2,1-3H3. The Kier molecular flexibility index (Phi) is 4.62. The minimum Gasteiger partial charge on any atom is -0.487 e. The molecule has 0 N–H and O–H groups in total. The van der Waals surface area contributed by atoms with Crippen molar-refractivity contribution >= 4 is 21.6 Å². The average molecular weight is 354 g/mol. The number of rotatable bonds is 5.